The van der Waals surface area contributed by atoms with Crippen LogP contribution in [0.2, 0.25) is 0 Å². The van der Waals surface area contributed by atoms with E-state index in [4.69, 9.17) is 10.5 Å². The van der Waals surface area contributed by atoms with Gasteiger partial charge in [0.1, 0.15) is 0 Å². The molecular formula is C17H32N2O2. The van der Waals surface area contributed by atoms with E-state index < -0.39 is 0 Å². The summed E-state index contributed by atoms with van der Waals surface area (Å²) < 4.78 is 5.33. The van der Waals surface area contributed by atoms with Crippen molar-refractivity contribution < 1.29 is 9.53 Å². The monoisotopic (exact) mass is 296 g/mol. The number of ether oxygens (including phenoxy) is 1. The lowest BCUT2D eigenvalue weighted by atomic mass is 9.85. The van der Waals surface area contributed by atoms with Crippen LogP contribution < -0.4 is 11.1 Å². The summed E-state index contributed by atoms with van der Waals surface area (Å²) in [7, 11) is 0. The molecule has 4 heteroatoms. The second kappa shape index (κ2) is 8.74. The molecule has 0 radical (unpaired) electrons. The molecule has 1 saturated heterocycles. The van der Waals surface area contributed by atoms with Crippen molar-refractivity contribution in [2.24, 2.45) is 17.6 Å². The summed E-state index contributed by atoms with van der Waals surface area (Å²) in [5.74, 6) is 1.18. The third-order valence-corrected chi connectivity index (χ3v) is 5.20. The Bertz CT molecular complexity index is 310. The average Bonchev–Trinajstić information content (AvgIpc) is 2.54. The van der Waals surface area contributed by atoms with Crippen LogP contribution in [-0.2, 0) is 9.53 Å². The van der Waals surface area contributed by atoms with Gasteiger partial charge in [-0.25, -0.2) is 0 Å². The van der Waals surface area contributed by atoms with Crippen molar-refractivity contribution in [1.29, 1.82) is 0 Å². The standard InChI is InChI=1S/C17H32N2O2/c1-13(7-8-14-5-3-2-4-6-14)19-17(20)16(18)15-9-11-21-12-10-15/h13-16H,2-12,18H2,1H3,(H,19,20). The topological polar surface area (TPSA) is 64.4 Å². The van der Waals surface area contributed by atoms with Crippen LogP contribution in [0.15, 0.2) is 0 Å². The molecule has 2 rings (SSSR count). The van der Waals surface area contributed by atoms with Gasteiger partial charge in [0, 0.05) is 19.3 Å². The van der Waals surface area contributed by atoms with Crippen LogP contribution in [0.25, 0.3) is 0 Å². The van der Waals surface area contributed by atoms with E-state index in [2.05, 4.69) is 12.2 Å². The fraction of sp³-hybridized carbons (Fsp3) is 0.941. The molecule has 0 aromatic heterocycles. The molecule has 2 fully saturated rings. The molecule has 122 valence electrons. The zero-order valence-corrected chi connectivity index (χ0v) is 13.5. The molecule has 1 amide bonds. The number of hydrogen-bond donors (Lipinski definition) is 2. The van der Waals surface area contributed by atoms with E-state index in [1.54, 1.807) is 0 Å². The van der Waals surface area contributed by atoms with Crippen molar-refractivity contribution in [1.82, 2.24) is 5.32 Å². The number of carbonyl (C=O) groups excluding carboxylic acids is 1. The van der Waals surface area contributed by atoms with Crippen molar-refractivity contribution in [3.8, 4) is 0 Å². The summed E-state index contributed by atoms with van der Waals surface area (Å²) in [6.45, 7) is 3.59. The molecule has 2 unspecified atom stereocenters. The molecule has 1 saturated carbocycles. The molecule has 2 aliphatic rings. The Morgan fingerprint density at radius 2 is 1.86 bits per heavy atom. The van der Waals surface area contributed by atoms with Crippen LogP contribution in [-0.4, -0.2) is 31.2 Å². The van der Waals surface area contributed by atoms with E-state index in [1.165, 1.54) is 38.5 Å². The van der Waals surface area contributed by atoms with Crippen LogP contribution in [0.1, 0.15) is 64.7 Å². The molecule has 1 aliphatic carbocycles. The molecule has 2 atom stereocenters. The van der Waals surface area contributed by atoms with E-state index >= 15 is 0 Å². The minimum absolute atomic E-state index is 0.0260. The molecule has 4 nitrogen and oxygen atoms in total. The molecule has 1 aliphatic heterocycles. The van der Waals surface area contributed by atoms with Gasteiger partial charge in [-0.15, -0.1) is 0 Å². The van der Waals surface area contributed by atoms with Gasteiger partial charge in [0.05, 0.1) is 6.04 Å². The summed E-state index contributed by atoms with van der Waals surface area (Å²) in [5, 5.41) is 3.11. The first-order valence-corrected chi connectivity index (χ1v) is 8.80. The second-order valence-electron chi connectivity index (χ2n) is 6.97. The maximum atomic E-state index is 12.2. The zero-order valence-electron chi connectivity index (χ0n) is 13.5. The van der Waals surface area contributed by atoms with Crippen molar-refractivity contribution in [2.45, 2.75) is 76.8 Å². The first-order valence-electron chi connectivity index (χ1n) is 8.80. The van der Waals surface area contributed by atoms with Gasteiger partial charge in [-0.05, 0) is 44.4 Å². The van der Waals surface area contributed by atoms with Crippen LogP contribution >= 0.6 is 0 Å². The highest BCUT2D eigenvalue weighted by Gasteiger charge is 2.27. The van der Waals surface area contributed by atoms with E-state index in [9.17, 15) is 4.79 Å². The Labute approximate surface area is 129 Å². The quantitative estimate of drug-likeness (QED) is 0.792. The number of nitrogens with one attached hydrogen (secondary N) is 1. The Morgan fingerprint density at radius 3 is 2.52 bits per heavy atom. The van der Waals surface area contributed by atoms with Gasteiger partial charge < -0.3 is 15.8 Å². The lowest BCUT2D eigenvalue weighted by molar-refractivity contribution is -0.125. The Balaban J connectivity index is 1.65. The SMILES string of the molecule is CC(CCC1CCCCC1)NC(=O)C(N)C1CCOCC1. The highest BCUT2D eigenvalue weighted by Crippen LogP contribution is 2.27. The van der Waals surface area contributed by atoms with Gasteiger partial charge in [-0.3, -0.25) is 4.79 Å². The Hall–Kier alpha value is -0.610. The number of amides is 1. The predicted octanol–water partition coefficient (Wildman–Crippen LogP) is 2.61. The summed E-state index contributed by atoms with van der Waals surface area (Å²) >= 11 is 0. The number of nitrogens with two attached hydrogens (primary N) is 1. The first kappa shape index (κ1) is 16.8. The fourth-order valence-electron chi connectivity index (χ4n) is 3.66. The van der Waals surface area contributed by atoms with E-state index in [0.717, 1.165) is 38.4 Å². The van der Waals surface area contributed by atoms with Crippen LogP contribution in [0.5, 0.6) is 0 Å². The van der Waals surface area contributed by atoms with E-state index in [0.29, 0.717) is 0 Å². The predicted molar refractivity (Wildman–Crippen MR) is 84.9 cm³/mol. The van der Waals surface area contributed by atoms with Crippen molar-refractivity contribution in [3.63, 3.8) is 0 Å². The zero-order chi connectivity index (χ0) is 15.1. The Kier molecular flexibility index (Phi) is 6.97. The van der Waals surface area contributed by atoms with Gasteiger partial charge in [-0.1, -0.05) is 32.1 Å². The smallest absolute Gasteiger partial charge is 0.237 e. The minimum Gasteiger partial charge on any atom is -0.381 e. The second-order valence-corrected chi connectivity index (χ2v) is 6.97. The van der Waals surface area contributed by atoms with Gasteiger partial charge in [0.2, 0.25) is 5.91 Å². The molecule has 0 aromatic carbocycles. The van der Waals surface area contributed by atoms with Crippen LogP contribution in [0, 0.1) is 11.8 Å². The highest BCUT2D eigenvalue weighted by atomic mass is 16.5. The van der Waals surface area contributed by atoms with E-state index in [1.807, 2.05) is 0 Å². The summed E-state index contributed by atoms with van der Waals surface area (Å²) in [5.41, 5.74) is 6.11. The Morgan fingerprint density at radius 1 is 1.19 bits per heavy atom. The normalized spacial score (nSPS) is 24.5. The summed E-state index contributed by atoms with van der Waals surface area (Å²) in [4.78, 5) is 12.2. The molecule has 1 heterocycles. The average molecular weight is 296 g/mol. The maximum Gasteiger partial charge on any atom is 0.237 e. The molecule has 3 N–H and O–H groups in total. The number of rotatable bonds is 6. The lowest BCUT2D eigenvalue weighted by Gasteiger charge is -2.28. The van der Waals surface area contributed by atoms with Gasteiger partial charge in [0.25, 0.3) is 0 Å². The molecule has 0 aromatic rings. The van der Waals surface area contributed by atoms with E-state index in [-0.39, 0.29) is 23.9 Å². The lowest BCUT2D eigenvalue weighted by Crippen LogP contribution is -2.49. The molecular weight excluding hydrogens is 264 g/mol. The molecule has 0 bridgehead atoms. The van der Waals surface area contributed by atoms with Crippen molar-refractivity contribution >= 4 is 5.91 Å². The third kappa shape index (κ3) is 5.59. The molecule has 0 spiro atoms. The number of hydrogen-bond acceptors (Lipinski definition) is 3. The maximum absolute atomic E-state index is 12.2. The number of carbonyl (C=O) groups is 1. The van der Waals surface area contributed by atoms with Crippen molar-refractivity contribution in [3.05, 3.63) is 0 Å². The van der Waals surface area contributed by atoms with Gasteiger partial charge >= 0.3 is 0 Å². The largest absolute Gasteiger partial charge is 0.381 e. The van der Waals surface area contributed by atoms with Crippen LogP contribution in [0.3, 0.4) is 0 Å². The summed E-state index contributed by atoms with van der Waals surface area (Å²) in [6, 6.07) is -0.128. The third-order valence-electron chi connectivity index (χ3n) is 5.20. The molecule has 21 heavy (non-hydrogen) atoms. The van der Waals surface area contributed by atoms with Crippen molar-refractivity contribution in [2.75, 3.05) is 13.2 Å². The fourth-order valence-corrected chi connectivity index (χ4v) is 3.66. The van der Waals surface area contributed by atoms with Crippen LogP contribution in [0.4, 0.5) is 0 Å². The first-order chi connectivity index (χ1) is 10.2. The highest BCUT2D eigenvalue weighted by molar-refractivity contribution is 5.82. The minimum atomic E-state index is -0.369. The summed E-state index contributed by atoms with van der Waals surface area (Å²) in [6.07, 6.45) is 11.1. The van der Waals surface area contributed by atoms with Gasteiger partial charge in [-0.2, -0.15) is 0 Å². The van der Waals surface area contributed by atoms with Gasteiger partial charge in [0.15, 0.2) is 0 Å².